The maximum Gasteiger partial charge on any atom is 0.418 e. The van der Waals surface area contributed by atoms with Gasteiger partial charge in [0, 0.05) is 13.1 Å². The van der Waals surface area contributed by atoms with Crippen molar-refractivity contribution in [2.24, 2.45) is 0 Å². The molecule has 1 aliphatic heterocycles. The van der Waals surface area contributed by atoms with E-state index in [2.05, 4.69) is 15.3 Å². The van der Waals surface area contributed by atoms with E-state index in [-0.39, 0.29) is 42.3 Å². The van der Waals surface area contributed by atoms with Crippen LogP contribution in [0.5, 0.6) is 0 Å². The molecule has 0 radical (unpaired) electrons. The van der Waals surface area contributed by atoms with Crippen molar-refractivity contribution < 1.29 is 22.8 Å². The number of hydrogen-bond donors (Lipinski definition) is 2. The van der Waals surface area contributed by atoms with Crippen molar-refractivity contribution in [3.8, 4) is 0 Å². The minimum Gasteiger partial charge on any atom is -0.342 e. The van der Waals surface area contributed by atoms with E-state index < -0.39 is 17.6 Å². The van der Waals surface area contributed by atoms with E-state index in [0.717, 1.165) is 11.0 Å². The molecule has 0 spiro atoms. The highest BCUT2D eigenvalue weighted by molar-refractivity contribution is 5.97. The van der Waals surface area contributed by atoms with Crippen LogP contribution in [-0.2, 0) is 22.2 Å². The smallest absolute Gasteiger partial charge is 0.342 e. The predicted octanol–water partition coefficient (Wildman–Crippen LogP) is 1.39. The first-order valence-corrected chi connectivity index (χ1v) is 7.36. The summed E-state index contributed by atoms with van der Waals surface area (Å²) in [7, 11) is 0. The monoisotopic (exact) mass is 340 g/mol. The number of imidazole rings is 1. The standard InChI is InChI=1S/C15H15F3N4O2/c1-8-4-9(15(16,17)18)14-10(5-8)20-11(21-14)6-12(23)22-3-2-19-7-13(22)24/h4-5,19H,2-3,6-7H2,1H3,(H,20,21). The molecule has 0 aliphatic carbocycles. The number of alkyl halides is 3. The van der Waals surface area contributed by atoms with Crippen LogP contribution in [0.1, 0.15) is 17.0 Å². The SMILES string of the molecule is Cc1cc(C(F)(F)F)c2nc(CC(=O)N3CCNCC3=O)[nH]c2c1. The van der Waals surface area contributed by atoms with Gasteiger partial charge in [-0.15, -0.1) is 0 Å². The van der Waals surface area contributed by atoms with Crippen LogP contribution in [-0.4, -0.2) is 46.3 Å². The van der Waals surface area contributed by atoms with Gasteiger partial charge in [-0.1, -0.05) is 0 Å². The number of amides is 2. The van der Waals surface area contributed by atoms with Crippen molar-refractivity contribution >= 4 is 22.8 Å². The zero-order chi connectivity index (χ0) is 17.5. The Labute approximate surface area is 135 Å². The zero-order valence-electron chi connectivity index (χ0n) is 12.8. The quantitative estimate of drug-likeness (QED) is 0.866. The van der Waals surface area contributed by atoms with E-state index in [1.165, 1.54) is 0 Å². The number of rotatable bonds is 2. The molecular formula is C15H15F3N4O2. The number of halogens is 3. The summed E-state index contributed by atoms with van der Waals surface area (Å²) in [5, 5.41) is 2.84. The second kappa shape index (κ2) is 5.90. The summed E-state index contributed by atoms with van der Waals surface area (Å²) < 4.78 is 39.4. The fourth-order valence-corrected chi connectivity index (χ4v) is 2.72. The summed E-state index contributed by atoms with van der Waals surface area (Å²) >= 11 is 0. The second-order valence-electron chi connectivity index (χ2n) is 5.68. The number of nitrogens with one attached hydrogen (secondary N) is 2. The van der Waals surface area contributed by atoms with Gasteiger partial charge in [0.15, 0.2) is 0 Å². The largest absolute Gasteiger partial charge is 0.418 e. The van der Waals surface area contributed by atoms with E-state index in [9.17, 15) is 22.8 Å². The molecule has 2 heterocycles. The fourth-order valence-electron chi connectivity index (χ4n) is 2.72. The molecule has 2 amide bonds. The molecular weight excluding hydrogens is 325 g/mol. The van der Waals surface area contributed by atoms with E-state index in [0.29, 0.717) is 12.1 Å². The number of piperazine rings is 1. The molecule has 1 saturated heterocycles. The Kier molecular flexibility index (Phi) is 4.04. The Balaban J connectivity index is 1.91. The Morgan fingerprint density at radius 1 is 1.38 bits per heavy atom. The number of benzene rings is 1. The maximum atomic E-state index is 13.1. The van der Waals surface area contributed by atoms with E-state index >= 15 is 0 Å². The number of carbonyl (C=O) groups is 2. The minimum atomic E-state index is -4.53. The second-order valence-corrected chi connectivity index (χ2v) is 5.68. The molecule has 3 rings (SSSR count). The normalized spacial score (nSPS) is 16.0. The lowest BCUT2D eigenvalue weighted by Gasteiger charge is -2.25. The van der Waals surface area contributed by atoms with Crippen molar-refractivity contribution in [3.05, 3.63) is 29.1 Å². The van der Waals surface area contributed by atoms with Gasteiger partial charge in [0.05, 0.1) is 24.0 Å². The Bertz CT molecular complexity index is 813. The third kappa shape index (κ3) is 3.12. The molecule has 1 aromatic carbocycles. The van der Waals surface area contributed by atoms with Crippen molar-refractivity contribution in [3.63, 3.8) is 0 Å². The van der Waals surface area contributed by atoms with Crippen LogP contribution in [0.15, 0.2) is 12.1 Å². The maximum absolute atomic E-state index is 13.1. The average molecular weight is 340 g/mol. The number of aryl methyl sites for hydroxylation is 1. The highest BCUT2D eigenvalue weighted by Gasteiger charge is 2.34. The Hall–Kier alpha value is -2.42. The van der Waals surface area contributed by atoms with E-state index in [1.54, 1.807) is 13.0 Å². The first kappa shape index (κ1) is 16.4. The first-order valence-electron chi connectivity index (χ1n) is 7.36. The average Bonchev–Trinajstić information content (AvgIpc) is 2.87. The topological polar surface area (TPSA) is 78.1 Å². The molecule has 1 aromatic heterocycles. The number of aromatic nitrogens is 2. The van der Waals surface area contributed by atoms with Crippen molar-refractivity contribution in [2.75, 3.05) is 19.6 Å². The van der Waals surface area contributed by atoms with E-state index in [4.69, 9.17) is 0 Å². The molecule has 128 valence electrons. The van der Waals surface area contributed by atoms with Gasteiger partial charge >= 0.3 is 6.18 Å². The van der Waals surface area contributed by atoms with Crippen LogP contribution in [0.3, 0.4) is 0 Å². The number of imide groups is 1. The van der Waals surface area contributed by atoms with Crippen molar-refractivity contribution in [1.82, 2.24) is 20.2 Å². The highest BCUT2D eigenvalue weighted by atomic mass is 19.4. The molecule has 6 nitrogen and oxygen atoms in total. The number of carbonyl (C=O) groups excluding carboxylic acids is 2. The van der Waals surface area contributed by atoms with Crippen LogP contribution < -0.4 is 5.32 Å². The molecule has 0 bridgehead atoms. The van der Waals surface area contributed by atoms with Crippen LogP contribution in [0, 0.1) is 6.92 Å². The van der Waals surface area contributed by atoms with Crippen LogP contribution in [0.25, 0.3) is 11.0 Å². The van der Waals surface area contributed by atoms with Gasteiger partial charge in [0.1, 0.15) is 11.3 Å². The summed E-state index contributed by atoms with van der Waals surface area (Å²) in [6.45, 7) is 2.36. The summed E-state index contributed by atoms with van der Waals surface area (Å²) in [5.41, 5.74) is -0.404. The summed E-state index contributed by atoms with van der Waals surface area (Å²) in [4.78, 5) is 31.7. The van der Waals surface area contributed by atoms with Gasteiger partial charge in [-0.3, -0.25) is 14.5 Å². The molecule has 1 aliphatic rings. The van der Waals surface area contributed by atoms with Gasteiger partial charge in [0.25, 0.3) is 0 Å². The van der Waals surface area contributed by atoms with Crippen molar-refractivity contribution in [2.45, 2.75) is 19.5 Å². The number of H-pyrrole nitrogens is 1. The third-order valence-electron chi connectivity index (χ3n) is 3.79. The molecule has 0 atom stereocenters. The van der Waals surface area contributed by atoms with Crippen LogP contribution in [0.2, 0.25) is 0 Å². The number of aromatic amines is 1. The third-order valence-corrected chi connectivity index (χ3v) is 3.79. The lowest BCUT2D eigenvalue weighted by atomic mass is 10.1. The predicted molar refractivity (Wildman–Crippen MR) is 79.1 cm³/mol. The molecule has 2 N–H and O–H groups in total. The van der Waals surface area contributed by atoms with Crippen LogP contribution in [0.4, 0.5) is 13.2 Å². The minimum absolute atomic E-state index is 0.0727. The number of hydrogen-bond acceptors (Lipinski definition) is 4. The molecule has 0 unspecified atom stereocenters. The van der Waals surface area contributed by atoms with Gasteiger partial charge in [-0.25, -0.2) is 4.98 Å². The fraction of sp³-hybridized carbons (Fsp3) is 0.400. The first-order chi connectivity index (χ1) is 11.3. The van der Waals surface area contributed by atoms with Gasteiger partial charge in [0.2, 0.25) is 11.8 Å². The molecule has 2 aromatic rings. The lowest BCUT2D eigenvalue weighted by molar-refractivity contribution is -0.145. The van der Waals surface area contributed by atoms with Gasteiger partial charge < -0.3 is 10.3 Å². The summed E-state index contributed by atoms with van der Waals surface area (Å²) in [6, 6.07) is 2.57. The van der Waals surface area contributed by atoms with Crippen molar-refractivity contribution in [1.29, 1.82) is 0 Å². The zero-order valence-corrected chi connectivity index (χ0v) is 12.8. The lowest BCUT2D eigenvalue weighted by Crippen LogP contribution is -2.51. The molecule has 24 heavy (non-hydrogen) atoms. The Morgan fingerprint density at radius 2 is 2.12 bits per heavy atom. The number of fused-ring (bicyclic) bond motifs is 1. The summed E-state index contributed by atoms with van der Waals surface area (Å²) in [6.07, 6.45) is -4.79. The van der Waals surface area contributed by atoms with Gasteiger partial charge in [-0.2, -0.15) is 13.2 Å². The Morgan fingerprint density at radius 3 is 2.79 bits per heavy atom. The molecule has 1 fully saturated rings. The van der Waals surface area contributed by atoms with E-state index in [1.807, 2.05) is 0 Å². The van der Waals surface area contributed by atoms with Crippen LogP contribution >= 0.6 is 0 Å². The van der Waals surface area contributed by atoms with Gasteiger partial charge in [-0.05, 0) is 24.6 Å². The summed E-state index contributed by atoms with van der Waals surface area (Å²) in [5.74, 6) is -0.725. The molecule has 0 saturated carbocycles. The highest BCUT2D eigenvalue weighted by Crippen LogP contribution is 2.34. The number of nitrogens with zero attached hydrogens (tertiary/aromatic N) is 2. The molecule has 9 heteroatoms.